The Labute approximate surface area is 139 Å². The average molecular weight is 318 g/mol. The molecule has 5 heteroatoms. The molecule has 2 aliphatic rings. The molecular weight excluding hydrogens is 288 g/mol. The van der Waals surface area contributed by atoms with Crippen molar-refractivity contribution in [2.24, 2.45) is 11.8 Å². The highest BCUT2D eigenvalue weighted by atomic mass is 16.1. The predicted molar refractivity (Wildman–Crippen MR) is 92.4 cm³/mol. The Bertz CT molecular complexity index is 511. The van der Waals surface area contributed by atoms with E-state index in [0.717, 1.165) is 37.3 Å². The molecule has 2 fully saturated rings. The number of aromatic nitrogens is 2. The van der Waals surface area contributed by atoms with Gasteiger partial charge >= 0.3 is 0 Å². The largest absolute Gasteiger partial charge is 0.311 e. The molecule has 1 amide bonds. The van der Waals surface area contributed by atoms with E-state index in [1.807, 2.05) is 10.7 Å². The molecule has 23 heavy (non-hydrogen) atoms. The summed E-state index contributed by atoms with van der Waals surface area (Å²) in [6.45, 7) is 7.72. The summed E-state index contributed by atoms with van der Waals surface area (Å²) in [6, 6.07) is 2.38. The number of carbonyl (C=O) groups is 1. The summed E-state index contributed by atoms with van der Waals surface area (Å²) in [7, 11) is 0. The molecule has 3 rings (SSSR count). The minimum Gasteiger partial charge on any atom is -0.311 e. The molecule has 0 bridgehead atoms. The van der Waals surface area contributed by atoms with Crippen molar-refractivity contribution < 1.29 is 4.79 Å². The highest BCUT2D eigenvalue weighted by molar-refractivity contribution is 5.89. The summed E-state index contributed by atoms with van der Waals surface area (Å²) in [5, 5.41) is 7.48. The number of rotatable bonds is 5. The van der Waals surface area contributed by atoms with Gasteiger partial charge in [0.2, 0.25) is 5.91 Å². The van der Waals surface area contributed by atoms with E-state index in [0.29, 0.717) is 12.5 Å². The van der Waals surface area contributed by atoms with Crippen LogP contribution in [-0.4, -0.2) is 40.2 Å². The SMILES string of the molecule is C[C@@H]1C[C@@H](C)CN(CCC(=O)Nc2ccnn2C2CCCC2)C1. The average Bonchev–Trinajstić information content (AvgIpc) is 3.14. The fraction of sp³-hybridized carbons (Fsp3) is 0.778. The van der Waals surface area contributed by atoms with E-state index in [9.17, 15) is 4.79 Å². The Hall–Kier alpha value is -1.36. The Morgan fingerprint density at radius 1 is 1.26 bits per heavy atom. The van der Waals surface area contributed by atoms with Crippen LogP contribution in [-0.2, 0) is 4.79 Å². The molecule has 1 saturated carbocycles. The van der Waals surface area contributed by atoms with Crippen LogP contribution in [0.1, 0.15) is 58.4 Å². The zero-order chi connectivity index (χ0) is 16.2. The van der Waals surface area contributed by atoms with Crippen LogP contribution in [0.3, 0.4) is 0 Å². The first-order valence-electron chi connectivity index (χ1n) is 9.17. The van der Waals surface area contributed by atoms with Crippen LogP contribution in [0.2, 0.25) is 0 Å². The van der Waals surface area contributed by atoms with E-state index >= 15 is 0 Å². The number of hydrogen-bond donors (Lipinski definition) is 1. The maximum atomic E-state index is 12.3. The number of anilines is 1. The van der Waals surface area contributed by atoms with Crippen molar-refractivity contribution in [3.05, 3.63) is 12.3 Å². The smallest absolute Gasteiger partial charge is 0.226 e. The number of amides is 1. The monoisotopic (exact) mass is 318 g/mol. The number of piperidine rings is 1. The van der Waals surface area contributed by atoms with Gasteiger partial charge in [0.15, 0.2) is 0 Å². The van der Waals surface area contributed by atoms with E-state index in [-0.39, 0.29) is 5.91 Å². The fourth-order valence-corrected chi connectivity index (χ4v) is 4.29. The molecule has 0 radical (unpaired) electrons. The molecule has 1 N–H and O–H groups in total. The first kappa shape index (κ1) is 16.5. The minimum atomic E-state index is 0.107. The number of likely N-dealkylation sites (tertiary alicyclic amines) is 1. The summed E-state index contributed by atoms with van der Waals surface area (Å²) < 4.78 is 2.01. The summed E-state index contributed by atoms with van der Waals surface area (Å²) in [6.07, 6.45) is 8.55. The topological polar surface area (TPSA) is 50.2 Å². The van der Waals surface area contributed by atoms with Crippen LogP contribution in [0.25, 0.3) is 0 Å². The standard InChI is InChI=1S/C18H30N4O/c1-14-11-15(2)13-21(12-14)10-8-18(23)20-17-7-9-19-22(17)16-5-3-4-6-16/h7,9,14-16H,3-6,8,10-13H2,1-2H3,(H,20,23)/t14-,15-/m1/s1. The van der Waals surface area contributed by atoms with E-state index in [1.54, 1.807) is 6.20 Å². The van der Waals surface area contributed by atoms with E-state index in [2.05, 4.69) is 29.2 Å². The lowest BCUT2D eigenvalue weighted by atomic mass is 9.92. The lowest BCUT2D eigenvalue weighted by Gasteiger charge is -2.34. The van der Waals surface area contributed by atoms with Gasteiger partial charge in [0.05, 0.1) is 12.2 Å². The molecule has 0 spiro atoms. The second-order valence-electron chi connectivity index (χ2n) is 7.60. The molecule has 1 aliphatic heterocycles. The van der Waals surface area contributed by atoms with Crippen LogP contribution in [0.15, 0.2) is 12.3 Å². The van der Waals surface area contributed by atoms with Gasteiger partial charge in [-0.15, -0.1) is 0 Å². The predicted octanol–water partition coefficient (Wildman–Crippen LogP) is 3.30. The third kappa shape index (κ3) is 4.34. The van der Waals surface area contributed by atoms with Gasteiger partial charge in [0, 0.05) is 32.1 Å². The summed E-state index contributed by atoms with van der Waals surface area (Å²) >= 11 is 0. The molecule has 1 aromatic rings. The lowest BCUT2D eigenvalue weighted by molar-refractivity contribution is -0.116. The van der Waals surface area contributed by atoms with Gasteiger partial charge in [-0.2, -0.15) is 5.10 Å². The van der Waals surface area contributed by atoms with Crippen molar-refractivity contribution in [2.45, 2.75) is 58.4 Å². The fourth-order valence-electron chi connectivity index (χ4n) is 4.29. The van der Waals surface area contributed by atoms with Crippen molar-refractivity contribution in [2.75, 3.05) is 25.0 Å². The highest BCUT2D eigenvalue weighted by Gasteiger charge is 2.23. The first-order valence-corrected chi connectivity index (χ1v) is 9.17. The lowest BCUT2D eigenvalue weighted by Crippen LogP contribution is -2.40. The van der Waals surface area contributed by atoms with Crippen molar-refractivity contribution in [1.29, 1.82) is 0 Å². The van der Waals surface area contributed by atoms with Crippen LogP contribution >= 0.6 is 0 Å². The molecule has 2 heterocycles. The first-order chi connectivity index (χ1) is 11.1. The normalized spacial score (nSPS) is 26.5. The van der Waals surface area contributed by atoms with Crippen molar-refractivity contribution >= 4 is 11.7 Å². The quantitative estimate of drug-likeness (QED) is 0.906. The third-order valence-corrected chi connectivity index (χ3v) is 5.21. The van der Waals surface area contributed by atoms with Gasteiger partial charge < -0.3 is 10.2 Å². The van der Waals surface area contributed by atoms with Crippen LogP contribution in [0, 0.1) is 11.8 Å². The second kappa shape index (κ2) is 7.47. The molecule has 2 atom stereocenters. The number of hydrogen-bond acceptors (Lipinski definition) is 3. The maximum Gasteiger partial charge on any atom is 0.226 e. The zero-order valence-corrected chi connectivity index (χ0v) is 14.5. The summed E-state index contributed by atoms with van der Waals surface area (Å²) in [4.78, 5) is 14.7. The second-order valence-corrected chi connectivity index (χ2v) is 7.60. The van der Waals surface area contributed by atoms with Gasteiger partial charge in [-0.1, -0.05) is 26.7 Å². The summed E-state index contributed by atoms with van der Waals surface area (Å²) in [5.41, 5.74) is 0. The van der Waals surface area contributed by atoms with E-state index < -0.39 is 0 Å². The van der Waals surface area contributed by atoms with Gasteiger partial charge in [-0.05, 0) is 31.1 Å². The summed E-state index contributed by atoms with van der Waals surface area (Å²) in [5.74, 6) is 2.45. The van der Waals surface area contributed by atoms with Gasteiger partial charge in [-0.25, -0.2) is 4.68 Å². The number of nitrogens with zero attached hydrogens (tertiary/aromatic N) is 3. The molecule has 1 saturated heterocycles. The molecule has 128 valence electrons. The van der Waals surface area contributed by atoms with Gasteiger partial charge in [0.25, 0.3) is 0 Å². The molecular formula is C18H30N4O. The minimum absolute atomic E-state index is 0.107. The van der Waals surface area contributed by atoms with Crippen molar-refractivity contribution in [1.82, 2.24) is 14.7 Å². The Kier molecular flexibility index (Phi) is 5.36. The molecule has 0 unspecified atom stereocenters. The van der Waals surface area contributed by atoms with Crippen LogP contribution in [0.4, 0.5) is 5.82 Å². The van der Waals surface area contributed by atoms with Crippen molar-refractivity contribution in [3.63, 3.8) is 0 Å². The van der Waals surface area contributed by atoms with Crippen LogP contribution < -0.4 is 5.32 Å². The van der Waals surface area contributed by atoms with E-state index in [4.69, 9.17) is 0 Å². The van der Waals surface area contributed by atoms with E-state index in [1.165, 1.54) is 32.1 Å². The third-order valence-electron chi connectivity index (χ3n) is 5.21. The highest BCUT2D eigenvalue weighted by Crippen LogP contribution is 2.31. The maximum absolute atomic E-state index is 12.3. The van der Waals surface area contributed by atoms with Crippen molar-refractivity contribution in [3.8, 4) is 0 Å². The molecule has 0 aromatic carbocycles. The Morgan fingerprint density at radius 2 is 1.96 bits per heavy atom. The van der Waals surface area contributed by atoms with Crippen LogP contribution in [0.5, 0.6) is 0 Å². The zero-order valence-electron chi connectivity index (χ0n) is 14.5. The molecule has 5 nitrogen and oxygen atoms in total. The Balaban J connectivity index is 1.49. The Morgan fingerprint density at radius 3 is 2.65 bits per heavy atom. The van der Waals surface area contributed by atoms with Gasteiger partial charge in [-0.3, -0.25) is 4.79 Å². The van der Waals surface area contributed by atoms with Gasteiger partial charge in [0.1, 0.15) is 5.82 Å². The molecule has 1 aromatic heterocycles. The number of nitrogens with one attached hydrogen (secondary N) is 1. The number of carbonyl (C=O) groups excluding carboxylic acids is 1. The molecule has 1 aliphatic carbocycles.